The Bertz CT molecular complexity index is 949. The zero-order valence-corrected chi connectivity index (χ0v) is 16.0. The van der Waals surface area contributed by atoms with Crippen LogP contribution in [0.25, 0.3) is 5.69 Å². The first-order chi connectivity index (χ1) is 13.6. The van der Waals surface area contributed by atoms with E-state index in [-0.39, 0.29) is 12.0 Å². The number of imidazole rings is 1. The number of primary amides is 1. The number of ether oxygens (including phenoxy) is 1. The summed E-state index contributed by atoms with van der Waals surface area (Å²) in [5.74, 6) is 0.649. The molecule has 1 heterocycles. The molecule has 0 spiro atoms. The number of aromatic nitrogens is 2. The minimum Gasteiger partial charge on any atom is -0.372 e. The molecule has 5 heteroatoms. The predicted octanol–water partition coefficient (Wildman–Crippen LogP) is 3.67. The third-order valence-electron chi connectivity index (χ3n) is 5.81. The molecule has 1 saturated carbocycles. The summed E-state index contributed by atoms with van der Waals surface area (Å²) in [6, 6.07) is 18.0. The highest BCUT2D eigenvalue weighted by Gasteiger charge is 2.49. The van der Waals surface area contributed by atoms with Crippen molar-refractivity contribution < 1.29 is 9.53 Å². The third kappa shape index (κ3) is 3.22. The van der Waals surface area contributed by atoms with E-state index in [1.807, 2.05) is 48.0 Å². The van der Waals surface area contributed by atoms with Gasteiger partial charge in [0.2, 0.25) is 5.91 Å². The molecule has 1 fully saturated rings. The first-order valence-corrected chi connectivity index (χ1v) is 9.67. The summed E-state index contributed by atoms with van der Waals surface area (Å²) in [6.07, 6.45) is 6.03. The Hall–Kier alpha value is -2.92. The van der Waals surface area contributed by atoms with Crippen molar-refractivity contribution in [3.05, 3.63) is 83.9 Å². The van der Waals surface area contributed by atoms with Crippen LogP contribution >= 0.6 is 0 Å². The molecule has 2 atom stereocenters. The summed E-state index contributed by atoms with van der Waals surface area (Å²) in [7, 11) is 0. The first kappa shape index (κ1) is 18.4. The minimum absolute atomic E-state index is 0.206. The summed E-state index contributed by atoms with van der Waals surface area (Å²) >= 11 is 0. The van der Waals surface area contributed by atoms with Crippen LogP contribution in [0.4, 0.5) is 0 Å². The largest absolute Gasteiger partial charge is 0.372 e. The Morgan fingerprint density at radius 1 is 1.21 bits per heavy atom. The zero-order chi connectivity index (χ0) is 19.6. The summed E-state index contributed by atoms with van der Waals surface area (Å²) in [5, 5.41) is 0. The molecule has 0 aliphatic heterocycles. The van der Waals surface area contributed by atoms with Crippen LogP contribution in [-0.2, 0) is 21.6 Å². The molecule has 28 heavy (non-hydrogen) atoms. The standard InChI is InChI=1S/C23H25N3O2/c1-17-25-14-15-26(17)20-11-9-18(10-12-20)16-28-21-8-5-13-23(21,22(24)27)19-6-3-2-4-7-19/h2-4,6-7,9-12,14-15,21H,5,8,13,16H2,1H3,(H2,24,27). The van der Waals surface area contributed by atoms with Crippen LogP contribution in [0.1, 0.15) is 36.2 Å². The molecule has 1 amide bonds. The van der Waals surface area contributed by atoms with Gasteiger partial charge in [-0.05, 0) is 49.4 Å². The Kier molecular flexibility index (Phi) is 5.01. The maximum Gasteiger partial charge on any atom is 0.230 e. The lowest BCUT2D eigenvalue weighted by Crippen LogP contribution is -2.48. The lowest BCUT2D eigenvalue weighted by molar-refractivity contribution is -0.129. The maximum atomic E-state index is 12.5. The molecule has 2 unspecified atom stereocenters. The Morgan fingerprint density at radius 2 is 1.96 bits per heavy atom. The van der Waals surface area contributed by atoms with Gasteiger partial charge >= 0.3 is 0 Å². The average molecular weight is 375 g/mol. The van der Waals surface area contributed by atoms with Crippen molar-refractivity contribution >= 4 is 5.91 Å². The van der Waals surface area contributed by atoms with E-state index < -0.39 is 5.41 Å². The zero-order valence-electron chi connectivity index (χ0n) is 16.0. The van der Waals surface area contributed by atoms with E-state index in [1.54, 1.807) is 6.20 Å². The van der Waals surface area contributed by atoms with Crippen LogP contribution < -0.4 is 5.73 Å². The Labute approximate surface area is 165 Å². The van der Waals surface area contributed by atoms with Gasteiger partial charge in [-0.2, -0.15) is 0 Å². The maximum absolute atomic E-state index is 12.5. The van der Waals surface area contributed by atoms with Crippen LogP contribution in [0.3, 0.4) is 0 Å². The third-order valence-corrected chi connectivity index (χ3v) is 5.81. The number of amides is 1. The number of carbonyl (C=O) groups excluding carboxylic acids is 1. The molecule has 2 N–H and O–H groups in total. The normalized spacial score (nSPS) is 21.7. The van der Waals surface area contributed by atoms with Gasteiger partial charge in [0.15, 0.2) is 0 Å². The first-order valence-electron chi connectivity index (χ1n) is 9.67. The SMILES string of the molecule is Cc1nccn1-c1ccc(COC2CCCC2(C(N)=O)c2ccccc2)cc1. The smallest absolute Gasteiger partial charge is 0.230 e. The van der Waals surface area contributed by atoms with Crippen molar-refractivity contribution in [1.82, 2.24) is 9.55 Å². The second-order valence-corrected chi connectivity index (χ2v) is 7.40. The highest BCUT2D eigenvalue weighted by molar-refractivity contribution is 5.88. The molecule has 3 aromatic rings. The molecule has 1 aliphatic rings. The number of benzene rings is 2. The lowest BCUT2D eigenvalue weighted by atomic mass is 9.76. The monoisotopic (exact) mass is 375 g/mol. The van der Waals surface area contributed by atoms with E-state index in [9.17, 15) is 4.79 Å². The van der Waals surface area contributed by atoms with Crippen LogP contribution in [0.2, 0.25) is 0 Å². The number of aryl methyl sites for hydroxylation is 1. The summed E-state index contributed by atoms with van der Waals surface area (Å²) in [6.45, 7) is 2.43. The quantitative estimate of drug-likeness (QED) is 0.715. The van der Waals surface area contributed by atoms with E-state index >= 15 is 0 Å². The molecule has 0 radical (unpaired) electrons. The van der Waals surface area contributed by atoms with Crippen molar-refractivity contribution in [3.8, 4) is 5.69 Å². The Balaban J connectivity index is 1.51. The van der Waals surface area contributed by atoms with E-state index in [0.717, 1.165) is 41.9 Å². The van der Waals surface area contributed by atoms with E-state index in [2.05, 4.69) is 29.2 Å². The molecule has 0 bridgehead atoms. The van der Waals surface area contributed by atoms with Gasteiger partial charge < -0.3 is 15.0 Å². The van der Waals surface area contributed by atoms with Gasteiger partial charge in [-0.15, -0.1) is 0 Å². The summed E-state index contributed by atoms with van der Waals surface area (Å²) in [5.41, 5.74) is 8.23. The van der Waals surface area contributed by atoms with E-state index in [1.165, 1.54) is 0 Å². The van der Waals surface area contributed by atoms with Gasteiger partial charge in [-0.1, -0.05) is 42.5 Å². The second kappa shape index (κ2) is 7.60. The molecular formula is C23H25N3O2. The van der Waals surface area contributed by atoms with Gasteiger partial charge in [-0.25, -0.2) is 4.98 Å². The van der Waals surface area contributed by atoms with Gasteiger partial charge in [0, 0.05) is 18.1 Å². The average Bonchev–Trinajstić information content (AvgIpc) is 3.34. The number of carbonyl (C=O) groups is 1. The van der Waals surface area contributed by atoms with E-state index in [4.69, 9.17) is 10.5 Å². The fourth-order valence-electron chi connectivity index (χ4n) is 4.29. The van der Waals surface area contributed by atoms with Crippen LogP contribution in [0.15, 0.2) is 67.0 Å². The molecule has 0 saturated heterocycles. The Morgan fingerprint density at radius 3 is 2.61 bits per heavy atom. The summed E-state index contributed by atoms with van der Waals surface area (Å²) < 4.78 is 8.29. The second-order valence-electron chi connectivity index (χ2n) is 7.40. The minimum atomic E-state index is -0.741. The van der Waals surface area contributed by atoms with Crippen LogP contribution in [0, 0.1) is 6.92 Å². The van der Waals surface area contributed by atoms with Crippen LogP contribution in [0.5, 0.6) is 0 Å². The van der Waals surface area contributed by atoms with Gasteiger partial charge in [0.1, 0.15) is 5.82 Å². The fourth-order valence-corrected chi connectivity index (χ4v) is 4.29. The van der Waals surface area contributed by atoms with E-state index in [0.29, 0.717) is 6.61 Å². The molecule has 1 aromatic heterocycles. The molecule has 5 nitrogen and oxygen atoms in total. The van der Waals surface area contributed by atoms with Gasteiger partial charge in [-0.3, -0.25) is 4.79 Å². The molecule has 144 valence electrons. The number of hydrogen-bond donors (Lipinski definition) is 1. The predicted molar refractivity (Wildman–Crippen MR) is 108 cm³/mol. The fraction of sp³-hybridized carbons (Fsp3) is 0.304. The van der Waals surface area contributed by atoms with Gasteiger partial charge in [0.25, 0.3) is 0 Å². The van der Waals surface area contributed by atoms with Crippen molar-refractivity contribution in [2.45, 2.75) is 44.3 Å². The molecular weight excluding hydrogens is 350 g/mol. The highest BCUT2D eigenvalue weighted by Crippen LogP contribution is 2.43. The van der Waals surface area contributed by atoms with Crippen molar-refractivity contribution in [2.75, 3.05) is 0 Å². The van der Waals surface area contributed by atoms with Crippen molar-refractivity contribution in [1.29, 1.82) is 0 Å². The molecule has 1 aliphatic carbocycles. The van der Waals surface area contributed by atoms with Crippen molar-refractivity contribution in [2.24, 2.45) is 5.73 Å². The molecule has 4 rings (SSSR count). The van der Waals surface area contributed by atoms with Crippen molar-refractivity contribution in [3.63, 3.8) is 0 Å². The number of nitrogens with two attached hydrogens (primary N) is 1. The van der Waals surface area contributed by atoms with Gasteiger partial charge in [0.05, 0.1) is 18.1 Å². The summed E-state index contributed by atoms with van der Waals surface area (Å²) in [4.78, 5) is 16.7. The number of hydrogen-bond acceptors (Lipinski definition) is 3. The topological polar surface area (TPSA) is 70.1 Å². The number of rotatable bonds is 6. The highest BCUT2D eigenvalue weighted by atomic mass is 16.5. The van der Waals surface area contributed by atoms with Crippen LogP contribution in [-0.4, -0.2) is 21.6 Å². The number of nitrogens with zero attached hydrogens (tertiary/aromatic N) is 2. The molecule has 2 aromatic carbocycles. The lowest BCUT2D eigenvalue weighted by Gasteiger charge is -2.33.